The molecule has 0 aliphatic rings. The van der Waals surface area contributed by atoms with Crippen LogP contribution in [0.5, 0.6) is 0 Å². The highest BCUT2D eigenvalue weighted by atomic mass is 32.1. The summed E-state index contributed by atoms with van der Waals surface area (Å²) in [4.78, 5) is 2.41. The fraction of sp³-hybridized carbons (Fsp3) is 0. The number of benzene rings is 8. The summed E-state index contributed by atoms with van der Waals surface area (Å²) in [6, 6.07) is 66.1. The second-order valence-corrected chi connectivity index (χ2v) is 13.6. The van der Waals surface area contributed by atoms with E-state index in [0.29, 0.717) is 0 Å². The molecule has 0 saturated carbocycles. The molecule has 2 aromatic heterocycles. The fourth-order valence-corrected chi connectivity index (χ4v) is 8.72. The van der Waals surface area contributed by atoms with Gasteiger partial charge in [0.1, 0.15) is 0 Å². The highest BCUT2D eigenvalue weighted by molar-refractivity contribution is 7.26. The molecule has 230 valence electrons. The van der Waals surface area contributed by atoms with Gasteiger partial charge in [-0.3, -0.25) is 0 Å². The van der Waals surface area contributed by atoms with E-state index in [1.54, 1.807) is 0 Å². The van der Waals surface area contributed by atoms with E-state index in [-0.39, 0.29) is 0 Å². The Labute approximate surface area is 288 Å². The molecule has 8 aromatic carbocycles. The van der Waals surface area contributed by atoms with Gasteiger partial charge < -0.3 is 9.47 Å². The maximum atomic E-state index is 2.43. The van der Waals surface area contributed by atoms with Gasteiger partial charge in [0, 0.05) is 48.7 Å². The smallest absolute Gasteiger partial charge is 0.0640 e. The van der Waals surface area contributed by atoms with Crippen LogP contribution in [0.4, 0.5) is 17.1 Å². The van der Waals surface area contributed by atoms with Crippen LogP contribution in [0.25, 0.3) is 69.6 Å². The normalized spacial score (nSPS) is 11.7. The molecule has 0 aliphatic heterocycles. The first-order chi connectivity index (χ1) is 24.3. The van der Waals surface area contributed by atoms with Crippen molar-refractivity contribution in [3.05, 3.63) is 182 Å². The van der Waals surface area contributed by atoms with Gasteiger partial charge in [-0.2, -0.15) is 0 Å². The van der Waals surface area contributed by atoms with Crippen LogP contribution >= 0.6 is 11.3 Å². The van der Waals surface area contributed by atoms with E-state index in [4.69, 9.17) is 0 Å². The Balaban J connectivity index is 1.17. The molecule has 0 radical (unpaired) electrons. The van der Waals surface area contributed by atoms with Crippen LogP contribution in [0.2, 0.25) is 0 Å². The molecule has 0 aliphatic carbocycles. The first-order valence-corrected chi connectivity index (χ1v) is 17.5. The Morgan fingerprint density at radius 1 is 0.408 bits per heavy atom. The molecule has 0 saturated heterocycles. The number of nitrogens with zero attached hydrogens (tertiary/aromatic N) is 2. The van der Waals surface area contributed by atoms with Crippen LogP contribution in [0.15, 0.2) is 182 Å². The number of fused-ring (bicyclic) bond motifs is 8. The van der Waals surface area contributed by atoms with Crippen LogP contribution in [0.1, 0.15) is 0 Å². The van der Waals surface area contributed by atoms with Gasteiger partial charge in [0.15, 0.2) is 0 Å². The lowest BCUT2D eigenvalue weighted by atomic mass is 10.0. The van der Waals surface area contributed by atoms with Crippen molar-refractivity contribution in [1.29, 1.82) is 0 Å². The Morgan fingerprint density at radius 2 is 1.04 bits per heavy atom. The van der Waals surface area contributed by atoms with Gasteiger partial charge in [0.2, 0.25) is 0 Å². The summed E-state index contributed by atoms with van der Waals surface area (Å²) in [6.07, 6.45) is 0. The molecule has 3 heteroatoms. The number of hydrogen-bond acceptors (Lipinski definition) is 2. The molecule has 49 heavy (non-hydrogen) atoms. The lowest BCUT2D eigenvalue weighted by Crippen LogP contribution is -2.10. The standard InChI is InChI=1S/C46H30N2S/c1-2-11-31(12-3-1)32-21-24-34(25-22-32)47(43-19-10-17-41-39-16-7-9-20-44(39)49-46(41)43)35-26-28-36(29-27-35)48-42-18-8-6-15-38(42)40-30-23-33-13-4-5-14-37(33)45(40)48/h1-30H. The summed E-state index contributed by atoms with van der Waals surface area (Å²) in [5.41, 5.74) is 9.45. The predicted octanol–water partition coefficient (Wildman–Crippen LogP) is 13.4. The van der Waals surface area contributed by atoms with Crippen molar-refractivity contribution in [3.63, 3.8) is 0 Å². The highest BCUT2D eigenvalue weighted by Crippen LogP contribution is 2.45. The molecular formula is C46H30N2S. The monoisotopic (exact) mass is 642 g/mol. The summed E-state index contributed by atoms with van der Waals surface area (Å²) < 4.78 is 5.02. The fourth-order valence-electron chi connectivity index (χ4n) is 7.52. The molecule has 0 unspecified atom stereocenters. The Morgan fingerprint density at radius 3 is 1.86 bits per heavy atom. The van der Waals surface area contributed by atoms with E-state index >= 15 is 0 Å². The molecule has 2 heterocycles. The van der Waals surface area contributed by atoms with Crippen LogP contribution in [-0.2, 0) is 0 Å². The van der Waals surface area contributed by atoms with Crippen molar-refractivity contribution in [1.82, 2.24) is 4.57 Å². The average molecular weight is 643 g/mol. The van der Waals surface area contributed by atoms with Crippen LogP contribution in [0.3, 0.4) is 0 Å². The second-order valence-electron chi connectivity index (χ2n) is 12.6. The van der Waals surface area contributed by atoms with Gasteiger partial charge >= 0.3 is 0 Å². The van der Waals surface area contributed by atoms with E-state index in [2.05, 4.69) is 191 Å². The third-order valence-electron chi connectivity index (χ3n) is 9.78. The minimum absolute atomic E-state index is 1.12. The molecule has 0 fully saturated rings. The van der Waals surface area contributed by atoms with Crippen molar-refractivity contribution in [2.75, 3.05) is 4.90 Å². The Hall–Kier alpha value is -6.16. The number of thiophene rings is 1. The average Bonchev–Trinajstić information content (AvgIpc) is 3.73. The molecule has 0 N–H and O–H groups in total. The van der Waals surface area contributed by atoms with Gasteiger partial charge in [0.05, 0.1) is 21.4 Å². The summed E-state index contributed by atoms with van der Waals surface area (Å²) in [5, 5.41) is 7.64. The summed E-state index contributed by atoms with van der Waals surface area (Å²) in [6.45, 7) is 0. The van der Waals surface area contributed by atoms with Crippen molar-refractivity contribution in [2.24, 2.45) is 0 Å². The number of rotatable bonds is 5. The van der Waals surface area contributed by atoms with E-state index in [1.165, 1.54) is 69.6 Å². The first kappa shape index (κ1) is 27.9. The zero-order valence-corrected chi connectivity index (χ0v) is 27.4. The van der Waals surface area contributed by atoms with Crippen LogP contribution < -0.4 is 4.90 Å². The molecule has 0 amide bonds. The summed E-state index contributed by atoms with van der Waals surface area (Å²) in [7, 11) is 0. The maximum absolute atomic E-state index is 2.43. The van der Waals surface area contributed by atoms with Gasteiger partial charge in [-0.15, -0.1) is 11.3 Å². The molecule has 10 rings (SSSR count). The van der Waals surface area contributed by atoms with Gasteiger partial charge in [0.25, 0.3) is 0 Å². The van der Waals surface area contributed by atoms with E-state index in [9.17, 15) is 0 Å². The van der Waals surface area contributed by atoms with Gasteiger partial charge in [-0.1, -0.05) is 127 Å². The number of anilines is 3. The lowest BCUT2D eigenvalue weighted by molar-refractivity contribution is 1.18. The third kappa shape index (κ3) is 4.47. The van der Waals surface area contributed by atoms with Crippen molar-refractivity contribution in [2.45, 2.75) is 0 Å². The number of para-hydroxylation sites is 1. The van der Waals surface area contributed by atoms with Crippen LogP contribution in [-0.4, -0.2) is 4.57 Å². The Bertz CT molecular complexity index is 2810. The van der Waals surface area contributed by atoms with E-state index in [0.717, 1.165) is 17.1 Å². The Kier molecular flexibility index (Phi) is 6.39. The second kappa shape index (κ2) is 11.2. The highest BCUT2D eigenvalue weighted by Gasteiger charge is 2.19. The van der Waals surface area contributed by atoms with Gasteiger partial charge in [-0.25, -0.2) is 0 Å². The molecular weight excluding hydrogens is 613 g/mol. The minimum atomic E-state index is 1.12. The van der Waals surface area contributed by atoms with E-state index in [1.807, 2.05) is 11.3 Å². The maximum Gasteiger partial charge on any atom is 0.0640 e. The first-order valence-electron chi connectivity index (χ1n) is 16.7. The van der Waals surface area contributed by atoms with Crippen molar-refractivity contribution in [3.8, 4) is 16.8 Å². The predicted molar refractivity (Wildman–Crippen MR) is 211 cm³/mol. The van der Waals surface area contributed by atoms with Gasteiger partial charge in [-0.05, 0) is 71.1 Å². The SMILES string of the molecule is c1ccc(-c2ccc(N(c3ccc(-n4c5ccccc5c5ccc6ccccc6c54)cc3)c3cccc4c3sc3ccccc34)cc2)cc1. The minimum Gasteiger partial charge on any atom is -0.309 e. The summed E-state index contributed by atoms with van der Waals surface area (Å²) >= 11 is 1.87. The molecule has 0 bridgehead atoms. The summed E-state index contributed by atoms with van der Waals surface area (Å²) in [5.74, 6) is 0. The topological polar surface area (TPSA) is 8.17 Å². The van der Waals surface area contributed by atoms with Crippen molar-refractivity contribution < 1.29 is 0 Å². The lowest BCUT2D eigenvalue weighted by Gasteiger charge is -2.26. The van der Waals surface area contributed by atoms with E-state index < -0.39 is 0 Å². The number of aromatic nitrogens is 1. The van der Waals surface area contributed by atoms with Crippen molar-refractivity contribution >= 4 is 81.1 Å². The largest absolute Gasteiger partial charge is 0.309 e. The third-order valence-corrected chi connectivity index (χ3v) is 11.0. The molecule has 2 nitrogen and oxygen atoms in total. The zero-order valence-electron chi connectivity index (χ0n) is 26.6. The quantitative estimate of drug-likeness (QED) is 0.181. The number of hydrogen-bond donors (Lipinski definition) is 0. The zero-order chi connectivity index (χ0) is 32.3. The molecule has 0 atom stereocenters. The molecule has 10 aromatic rings. The molecule has 0 spiro atoms. The van der Waals surface area contributed by atoms with Crippen LogP contribution in [0, 0.1) is 0 Å².